The smallest absolute Gasteiger partial charge is 0.244 e. The van der Waals surface area contributed by atoms with E-state index in [0.29, 0.717) is 16.7 Å². The first-order valence-electron chi connectivity index (χ1n) is 12.7. The molecular formula is C29H33Br2N3O4S. The van der Waals surface area contributed by atoms with Gasteiger partial charge in [0, 0.05) is 28.5 Å². The Hall–Kier alpha value is -2.69. The second-order valence-electron chi connectivity index (χ2n) is 9.22. The number of unbranched alkanes of at least 4 members (excludes halogenated alkanes) is 1. The largest absolute Gasteiger partial charge is 0.354 e. The number of nitrogens with zero attached hydrogens (tertiary/aromatic N) is 2. The molecule has 39 heavy (non-hydrogen) atoms. The lowest BCUT2D eigenvalue weighted by molar-refractivity contribution is -0.140. The number of halogens is 2. The van der Waals surface area contributed by atoms with Gasteiger partial charge >= 0.3 is 0 Å². The van der Waals surface area contributed by atoms with Gasteiger partial charge in [0.05, 0.1) is 11.9 Å². The molecule has 1 atom stereocenters. The Bertz CT molecular complexity index is 1370. The van der Waals surface area contributed by atoms with E-state index >= 15 is 0 Å². The van der Waals surface area contributed by atoms with Crippen molar-refractivity contribution in [1.29, 1.82) is 0 Å². The Balaban J connectivity index is 2.04. The average Bonchev–Trinajstić information content (AvgIpc) is 2.90. The summed E-state index contributed by atoms with van der Waals surface area (Å²) in [7, 11) is -3.82. The van der Waals surface area contributed by atoms with Gasteiger partial charge in [-0.15, -0.1) is 0 Å². The zero-order valence-electron chi connectivity index (χ0n) is 22.0. The molecule has 0 fully saturated rings. The van der Waals surface area contributed by atoms with Gasteiger partial charge < -0.3 is 10.2 Å². The molecule has 0 aromatic heterocycles. The van der Waals surface area contributed by atoms with Gasteiger partial charge in [-0.3, -0.25) is 13.9 Å². The molecule has 10 heteroatoms. The first-order chi connectivity index (χ1) is 18.6. The van der Waals surface area contributed by atoms with Crippen LogP contribution in [-0.2, 0) is 32.6 Å². The first-order valence-corrected chi connectivity index (χ1v) is 16.1. The number of hydrogen-bond donors (Lipinski definition) is 1. The van der Waals surface area contributed by atoms with Crippen LogP contribution in [0.15, 0.2) is 87.8 Å². The number of carbonyl (C=O) groups is 2. The van der Waals surface area contributed by atoms with Crippen molar-refractivity contribution in [3.05, 3.63) is 98.9 Å². The molecule has 0 radical (unpaired) electrons. The summed E-state index contributed by atoms with van der Waals surface area (Å²) in [5.41, 5.74) is 2.05. The van der Waals surface area contributed by atoms with E-state index < -0.39 is 28.5 Å². The Labute approximate surface area is 247 Å². The molecule has 3 aromatic rings. The topological polar surface area (TPSA) is 86.8 Å². The zero-order chi connectivity index (χ0) is 28.4. The van der Waals surface area contributed by atoms with E-state index in [1.807, 2.05) is 61.5 Å². The van der Waals surface area contributed by atoms with Gasteiger partial charge in [0.2, 0.25) is 21.8 Å². The van der Waals surface area contributed by atoms with Crippen molar-refractivity contribution >= 4 is 59.4 Å². The van der Waals surface area contributed by atoms with Crippen LogP contribution < -0.4 is 9.62 Å². The highest BCUT2D eigenvalue weighted by Gasteiger charge is 2.33. The summed E-state index contributed by atoms with van der Waals surface area (Å²) in [4.78, 5) is 29.1. The van der Waals surface area contributed by atoms with Crippen LogP contribution in [0, 0.1) is 0 Å². The van der Waals surface area contributed by atoms with Crippen LogP contribution in [0.4, 0.5) is 5.69 Å². The number of sulfonamides is 1. The summed E-state index contributed by atoms with van der Waals surface area (Å²) in [5.74, 6) is -0.759. The lowest BCUT2D eigenvalue weighted by atomic mass is 10.0. The van der Waals surface area contributed by atoms with E-state index in [1.54, 1.807) is 24.3 Å². The molecule has 3 aromatic carbocycles. The molecular weight excluding hydrogens is 646 g/mol. The Morgan fingerprint density at radius 2 is 1.59 bits per heavy atom. The summed E-state index contributed by atoms with van der Waals surface area (Å²) < 4.78 is 28.2. The normalized spacial score (nSPS) is 12.0. The van der Waals surface area contributed by atoms with Gasteiger partial charge in [0.1, 0.15) is 12.6 Å². The summed E-state index contributed by atoms with van der Waals surface area (Å²) >= 11 is 6.89. The van der Waals surface area contributed by atoms with Gasteiger partial charge in [-0.1, -0.05) is 83.9 Å². The van der Waals surface area contributed by atoms with Gasteiger partial charge in [0.15, 0.2) is 0 Å². The number of benzene rings is 3. The summed E-state index contributed by atoms with van der Waals surface area (Å²) in [6.07, 6.45) is 3.08. The van der Waals surface area contributed by atoms with Crippen molar-refractivity contribution < 1.29 is 18.0 Å². The van der Waals surface area contributed by atoms with Crippen LogP contribution in [0.1, 0.15) is 30.9 Å². The van der Waals surface area contributed by atoms with E-state index in [-0.39, 0.29) is 18.9 Å². The lowest BCUT2D eigenvalue weighted by Gasteiger charge is -2.33. The maximum absolute atomic E-state index is 14.1. The fraction of sp³-hybridized carbons (Fsp3) is 0.310. The molecule has 0 aliphatic heterocycles. The second-order valence-corrected chi connectivity index (χ2v) is 12.9. The highest BCUT2D eigenvalue weighted by atomic mass is 79.9. The third-order valence-electron chi connectivity index (χ3n) is 6.14. The van der Waals surface area contributed by atoms with E-state index in [0.717, 1.165) is 39.0 Å². The van der Waals surface area contributed by atoms with Crippen molar-refractivity contribution in [3.63, 3.8) is 0 Å². The van der Waals surface area contributed by atoms with E-state index in [2.05, 4.69) is 37.2 Å². The standard InChI is InChI=1S/C29H33Br2N3O4S/c1-3-4-17-32-29(36)27(19-22-11-6-5-7-12-22)33(20-23-13-10-14-24(30)18-23)28(35)21-34(39(2,37)38)26-16-9-8-15-25(26)31/h5-16,18,27H,3-4,17,19-21H2,1-2H3,(H,32,36)/t27-/m1/s1. The molecule has 1 N–H and O–H groups in total. The lowest BCUT2D eigenvalue weighted by Crippen LogP contribution is -2.53. The van der Waals surface area contributed by atoms with Gasteiger partial charge in [-0.05, 0) is 57.7 Å². The van der Waals surface area contributed by atoms with Crippen molar-refractivity contribution in [2.24, 2.45) is 0 Å². The van der Waals surface area contributed by atoms with Crippen molar-refractivity contribution in [2.75, 3.05) is 23.7 Å². The minimum Gasteiger partial charge on any atom is -0.354 e. The van der Waals surface area contributed by atoms with Gasteiger partial charge in [-0.25, -0.2) is 8.42 Å². The highest BCUT2D eigenvalue weighted by Crippen LogP contribution is 2.28. The molecule has 0 bridgehead atoms. The minimum absolute atomic E-state index is 0.129. The monoisotopic (exact) mass is 677 g/mol. The van der Waals surface area contributed by atoms with Crippen LogP contribution in [-0.4, -0.2) is 50.5 Å². The van der Waals surface area contributed by atoms with Crippen molar-refractivity contribution in [2.45, 2.75) is 38.8 Å². The molecule has 0 unspecified atom stereocenters. The molecule has 7 nitrogen and oxygen atoms in total. The van der Waals surface area contributed by atoms with Crippen molar-refractivity contribution in [3.8, 4) is 0 Å². The van der Waals surface area contributed by atoms with Crippen LogP contribution in [0.5, 0.6) is 0 Å². The van der Waals surface area contributed by atoms with Gasteiger partial charge in [-0.2, -0.15) is 0 Å². The first kappa shape index (κ1) is 30.8. The molecule has 3 rings (SSSR count). The molecule has 208 valence electrons. The summed E-state index contributed by atoms with van der Waals surface area (Å²) in [5, 5.41) is 2.98. The average molecular weight is 679 g/mol. The number of rotatable bonds is 13. The summed E-state index contributed by atoms with van der Waals surface area (Å²) in [6.45, 7) is 2.21. The second kappa shape index (κ2) is 14.6. The van der Waals surface area contributed by atoms with E-state index in [4.69, 9.17) is 0 Å². The molecule has 0 saturated carbocycles. The summed E-state index contributed by atoms with van der Waals surface area (Å²) in [6, 6.07) is 23.0. The maximum atomic E-state index is 14.1. The third kappa shape index (κ3) is 9.19. The van der Waals surface area contributed by atoms with Crippen LogP contribution >= 0.6 is 31.9 Å². The number of para-hydroxylation sites is 1. The van der Waals surface area contributed by atoms with E-state index in [9.17, 15) is 18.0 Å². The Kier molecular flexibility index (Phi) is 11.6. The maximum Gasteiger partial charge on any atom is 0.244 e. The number of nitrogens with one attached hydrogen (secondary N) is 1. The number of carbonyl (C=O) groups excluding carboxylic acids is 2. The minimum atomic E-state index is -3.82. The predicted molar refractivity (Wildman–Crippen MR) is 163 cm³/mol. The zero-order valence-corrected chi connectivity index (χ0v) is 26.0. The third-order valence-corrected chi connectivity index (χ3v) is 8.43. The van der Waals surface area contributed by atoms with Gasteiger partial charge in [0.25, 0.3) is 0 Å². The predicted octanol–water partition coefficient (Wildman–Crippen LogP) is 5.53. The number of anilines is 1. The molecule has 0 spiro atoms. The number of amides is 2. The highest BCUT2D eigenvalue weighted by molar-refractivity contribution is 9.10. The quantitative estimate of drug-likeness (QED) is 0.241. The Morgan fingerprint density at radius 1 is 0.923 bits per heavy atom. The van der Waals surface area contributed by atoms with Crippen LogP contribution in [0.3, 0.4) is 0 Å². The van der Waals surface area contributed by atoms with Crippen molar-refractivity contribution in [1.82, 2.24) is 10.2 Å². The SMILES string of the molecule is CCCCNC(=O)[C@@H](Cc1ccccc1)N(Cc1cccc(Br)c1)C(=O)CN(c1ccccc1Br)S(C)(=O)=O. The van der Waals surface area contributed by atoms with E-state index in [1.165, 1.54) is 4.90 Å². The van der Waals surface area contributed by atoms with Crippen LogP contribution in [0.25, 0.3) is 0 Å². The Morgan fingerprint density at radius 3 is 2.23 bits per heavy atom. The molecule has 2 amide bonds. The fourth-order valence-corrected chi connectivity index (χ4v) is 6.07. The number of hydrogen-bond acceptors (Lipinski definition) is 4. The molecule has 0 aliphatic rings. The van der Waals surface area contributed by atoms with Crippen LogP contribution in [0.2, 0.25) is 0 Å². The molecule has 0 heterocycles. The molecule has 0 aliphatic carbocycles. The fourth-order valence-electron chi connectivity index (χ4n) is 4.14. The molecule has 0 saturated heterocycles.